The highest BCUT2D eigenvalue weighted by molar-refractivity contribution is 5.50. The third-order valence-corrected chi connectivity index (χ3v) is 3.66. The van der Waals surface area contributed by atoms with Gasteiger partial charge >= 0.3 is 0 Å². The van der Waals surface area contributed by atoms with Crippen molar-refractivity contribution in [1.29, 1.82) is 0 Å². The van der Waals surface area contributed by atoms with Gasteiger partial charge in [0.2, 0.25) is 0 Å². The van der Waals surface area contributed by atoms with Crippen molar-refractivity contribution in [2.24, 2.45) is 0 Å². The highest BCUT2D eigenvalue weighted by atomic mass is 15.2. The zero-order valence-electron chi connectivity index (χ0n) is 14.6. The molecule has 0 spiro atoms. The van der Waals surface area contributed by atoms with E-state index in [-0.39, 0.29) is 0 Å². The van der Waals surface area contributed by atoms with Crippen LogP contribution in [0.2, 0.25) is 0 Å². The number of hydrogen-bond donors (Lipinski definition) is 1. The van der Waals surface area contributed by atoms with Gasteiger partial charge in [0.25, 0.3) is 0 Å². The number of hydrogen-bond acceptors (Lipinski definition) is 4. The second-order valence-electron chi connectivity index (χ2n) is 6.24. The number of nitrogens with one attached hydrogen (secondary N) is 1. The predicted octanol–water partition coefficient (Wildman–Crippen LogP) is 3.72. The molecule has 0 saturated heterocycles. The molecule has 1 aromatic rings. The predicted molar refractivity (Wildman–Crippen MR) is 90.9 cm³/mol. The zero-order valence-corrected chi connectivity index (χ0v) is 14.6. The van der Waals surface area contributed by atoms with E-state index in [4.69, 9.17) is 4.98 Å². The fraction of sp³-hybridized carbons (Fsp3) is 0.765. The molecule has 0 fully saturated rings. The van der Waals surface area contributed by atoms with E-state index in [1.54, 1.807) is 0 Å². The highest BCUT2D eigenvalue weighted by Crippen LogP contribution is 2.23. The van der Waals surface area contributed by atoms with Gasteiger partial charge in [-0.1, -0.05) is 33.6 Å². The smallest absolute Gasteiger partial charge is 0.131 e. The first-order valence-corrected chi connectivity index (χ1v) is 8.28. The van der Waals surface area contributed by atoms with E-state index in [2.05, 4.69) is 49.8 Å². The Morgan fingerprint density at radius 1 is 1.19 bits per heavy atom. The van der Waals surface area contributed by atoms with Gasteiger partial charge in [0.15, 0.2) is 0 Å². The molecular formula is C17H32N4. The minimum atomic E-state index is 0.363. The lowest BCUT2D eigenvalue weighted by molar-refractivity contribution is 0.615. The summed E-state index contributed by atoms with van der Waals surface area (Å²) >= 11 is 0. The summed E-state index contributed by atoms with van der Waals surface area (Å²) in [6.45, 7) is 12.9. The molecule has 21 heavy (non-hydrogen) atoms. The summed E-state index contributed by atoms with van der Waals surface area (Å²) in [5, 5.41) is 3.23. The zero-order chi connectivity index (χ0) is 15.8. The molecule has 1 rings (SSSR count). The van der Waals surface area contributed by atoms with E-state index in [9.17, 15) is 0 Å². The number of unbranched alkanes of at least 4 members (excludes halogenated alkanes) is 2. The van der Waals surface area contributed by atoms with Crippen molar-refractivity contribution in [1.82, 2.24) is 15.3 Å². The molecular weight excluding hydrogens is 260 g/mol. The average molecular weight is 292 g/mol. The Morgan fingerprint density at radius 2 is 1.90 bits per heavy atom. The van der Waals surface area contributed by atoms with Gasteiger partial charge in [0, 0.05) is 25.0 Å². The van der Waals surface area contributed by atoms with E-state index < -0.39 is 0 Å². The van der Waals surface area contributed by atoms with Gasteiger partial charge in [-0.2, -0.15) is 0 Å². The van der Waals surface area contributed by atoms with Crippen LogP contribution >= 0.6 is 0 Å². The Hall–Kier alpha value is -1.16. The van der Waals surface area contributed by atoms with Crippen molar-refractivity contribution in [2.75, 3.05) is 18.5 Å². The van der Waals surface area contributed by atoms with Crippen LogP contribution in [0.3, 0.4) is 0 Å². The van der Waals surface area contributed by atoms with Gasteiger partial charge in [-0.3, -0.25) is 0 Å². The summed E-state index contributed by atoms with van der Waals surface area (Å²) in [7, 11) is 1.97. The summed E-state index contributed by atoms with van der Waals surface area (Å²) in [4.78, 5) is 11.8. The van der Waals surface area contributed by atoms with E-state index in [0.29, 0.717) is 12.0 Å². The Morgan fingerprint density at radius 3 is 2.43 bits per heavy atom. The van der Waals surface area contributed by atoms with Crippen molar-refractivity contribution in [3.05, 3.63) is 17.7 Å². The van der Waals surface area contributed by atoms with Crippen LogP contribution in [0.25, 0.3) is 0 Å². The van der Waals surface area contributed by atoms with E-state index in [1.807, 2.05) is 13.2 Å². The molecule has 0 aliphatic carbocycles. The van der Waals surface area contributed by atoms with Crippen LogP contribution in [0.1, 0.15) is 71.3 Å². The maximum absolute atomic E-state index is 4.78. The molecule has 0 radical (unpaired) electrons. The molecule has 0 atom stereocenters. The topological polar surface area (TPSA) is 41.1 Å². The van der Waals surface area contributed by atoms with Crippen LogP contribution in [-0.2, 0) is 6.54 Å². The first-order chi connectivity index (χ1) is 10.0. The Labute approximate surface area is 130 Å². The van der Waals surface area contributed by atoms with Gasteiger partial charge < -0.3 is 10.2 Å². The van der Waals surface area contributed by atoms with E-state index >= 15 is 0 Å². The molecule has 1 heterocycles. The largest absolute Gasteiger partial charge is 0.366 e. The third kappa shape index (κ3) is 5.27. The van der Waals surface area contributed by atoms with Crippen LogP contribution in [0, 0.1) is 0 Å². The molecule has 4 nitrogen and oxygen atoms in total. The average Bonchev–Trinajstić information content (AvgIpc) is 2.44. The van der Waals surface area contributed by atoms with Gasteiger partial charge in [0.1, 0.15) is 5.82 Å². The Kier molecular flexibility index (Phi) is 7.65. The van der Waals surface area contributed by atoms with Crippen LogP contribution in [0.15, 0.2) is 6.20 Å². The normalized spacial score (nSPS) is 11.4. The van der Waals surface area contributed by atoms with Crippen molar-refractivity contribution in [3.8, 4) is 0 Å². The van der Waals surface area contributed by atoms with E-state index in [1.165, 1.54) is 24.9 Å². The number of nitrogens with zero attached hydrogens (tertiary/aromatic N) is 3. The minimum Gasteiger partial charge on any atom is -0.366 e. The molecule has 0 amide bonds. The fourth-order valence-electron chi connectivity index (χ4n) is 2.43. The Balaban J connectivity index is 3.04. The maximum atomic E-state index is 4.78. The summed E-state index contributed by atoms with van der Waals surface area (Å²) in [6, 6.07) is 0.464. The molecule has 0 aliphatic heterocycles. The molecule has 0 aromatic carbocycles. The first kappa shape index (κ1) is 17.9. The second-order valence-corrected chi connectivity index (χ2v) is 6.24. The number of anilines is 1. The quantitative estimate of drug-likeness (QED) is 0.704. The van der Waals surface area contributed by atoms with Crippen LogP contribution in [0.5, 0.6) is 0 Å². The van der Waals surface area contributed by atoms with Gasteiger partial charge in [-0.05, 0) is 27.3 Å². The second kappa shape index (κ2) is 8.98. The lowest BCUT2D eigenvalue weighted by Crippen LogP contribution is -2.33. The van der Waals surface area contributed by atoms with Crippen molar-refractivity contribution in [3.63, 3.8) is 0 Å². The molecule has 0 saturated carbocycles. The number of aromatic nitrogens is 2. The molecule has 0 unspecified atom stereocenters. The van der Waals surface area contributed by atoms with Gasteiger partial charge in [-0.15, -0.1) is 0 Å². The summed E-state index contributed by atoms with van der Waals surface area (Å²) < 4.78 is 0. The van der Waals surface area contributed by atoms with Crippen LogP contribution in [-0.4, -0.2) is 29.6 Å². The molecule has 0 bridgehead atoms. The molecule has 0 aliphatic rings. The molecule has 1 aromatic heterocycles. The molecule has 4 heteroatoms. The first-order valence-electron chi connectivity index (χ1n) is 8.28. The lowest BCUT2D eigenvalue weighted by Gasteiger charge is -2.30. The van der Waals surface area contributed by atoms with Crippen molar-refractivity contribution in [2.45, 2.75) is 72.4 Å². The van der Waals surface area contributed by atoms with Crippen molar-refractivity contribution >= 4 is 5.69 Å². The molecule has 120 valence electrons. The summed E-state index contributed by atoms with van der Waals surface area (Å²) in [5.41, 5.74) is 2.29. The fourth-order valence-corrected chi connectivity index (χ4v) is 2.43. The highest BCUT2D eigenvalue weighted by Gasteiger charge is 2.17. The van der Waals surface area contributed by atoms with Gasteiger partial charge in [0.05, 0.1) is 17.6 Å². The van der Waals surface area contributed by atoms with E-state index in [0.717, 1.165) is 24.6 Å². The maximum Gasteiger partial charge on any atom is 0.131 e. The minimum absolute atomic E-state index is 0.363. The standard InChI is InChI=1S/C17H32N4/c1-7-8-9-10-21(14(4)5)16-12-19-17(13(2)3)20-15(16)11-18-6/h12-14,18H,7-11H2,1-6H3. The summed E-state index contributed by atoms with van der Waals surface area (Å²) in [6.07, 6.45) is 5.76. The lowest BCUT2D eigenvalue weighted by atomic mass is 10.1. The number of rotatable bonds is 9. The monoisotopic (exact) mass is 292 g/mol. The van der Waals surface area contributed by atoms with Gasteiger partial charge in [-0.25, -0.2) is 9.97 Å². The van der Waals surface area contributed by atoms with Crippen LogP contribution < -0.4 is 10.2 Å². The summed E-state index contributed by atoms with van der Waals surface area (Å²) in [5.74, 6) is 1.29. The van der Waals surface area contributed by atoms with Crippen LogP contribution in [0.4, 0.5) is 5.69 Å². The van der Waals surface area contributed by atoms with Crippen molar-refractivity contribution < 1.29 is 0 Å². The third-order valence-electron chi connectivity index (χ3n) is 3.66. The Bertz CT molecular complexity index is 415. The molecule has 1 N–H and O–H groups in total. The SMILES string of the molecule is CCCCCN(c1cnc(C(C)C)nc1CNC)C(C)C.